The fraction of sp³-hybridized carbons (Fsp3) is 0.269. The maximum absolute atomic E-state index is 13.5. The molecule has 0 heterocycles. The highest BCUT2D eigenvalue weighted by Gasteiger charge is 2.37. The van der Waals surface area contributed by atoms with Gasteiger partial charge in [-0.3, -0.25) is 4.79 Å². The van der Waals surface area contributed by atoms with Crippen molar-refractivity contribution in [2.24, 2.45) is 0 Å². The van der Waals surface area contributed by atoms with E-state index in [1.807, 2.05) is 60.7 Å². The lowest BCUT2D eigenvalue weighted by atomic mass is 10.2. The Morgan fingerprint density at radius 3 is 1.67 bits per heavy atom. The lowest BCUT2D eigenvalue weighted by Gasteiger charge is -2.26. The third kappa shape index (κ3) is 7.53. The van der Waals surface area contributed by atoms with Gasteiger partial charge in [0.2, 0.25) is 0 Å². The Kier molecular flexibility index (Phi) is 9.18. The van der Waals surface area contributed by atoms with Crippen molar-refractivity contribution in [3.05, 3.63) is 102 Å². The van der Waals surface area contributed by atoms with E-state index < -0.39 is 27.2 Å². The van der Waals surface area contributed by atoms with Crippen molar-refractivity contribution in [1.29, 1.82) is 0 Å². The molecule has 0 saturated carbocycles. The van der Waals surface area contributed by atoms with Crippen LogP contribution in [0.15, 0.2) is 95.9 Å². The van der Waals surface area contributed by atoms with Crippen molar-refractivity contribution in [3.8, 4) is 0 Å². The second kappa shape index (κ2) is 12.3. The molecule has 0 amide bonds. The number of carbonyl (C=O) groups is 1. The summed E-state index contributed by atoms with van der Waals surface area (Å²) in [6.45, 7) is 1.51. The molecule has 33 heavy (non-hydrogen) atoms. The smallest absolute Gasteiger partial charge is 0.303 e. The van der Waals surface area contributed by atoms with Gasteiger partial charge in [0.25, 0.3) is 0 Å². The van der Waals surface area contributed by atoms with Gasteiger partial charge >= 0.3 is 5.97 Å². The lowest BCUT2D eigenvalue weighted by molar-refractivity contribution is -0.150. The summed E-state index contributed by atoms with van der Waals surface area (Å²) in [6, 6.07) is 27.0. The van der Waals surface area contributed by atoms with Gasteiger partial charge in [0.1, 0.15) is 11.4 Å². The number of hydrogen-bond acceptors (Lipinski definition) is 6. The molecule has 2 unspecified atom stereocenters. The Morgan fingerprint density at radius 1 is 0.727 bits per heavy atom. The van der Waals surface area contributed by atoms with Gasteiger partial charge in [-0.05, 0) is 23.3 Å². The molecule has 3 rings (SSSR count). The van der Waals surface area contributed by atoms with Crippen LogP contribution in [-0.2, 0) is 42.1 Å². The Balaban J connectivity index is 1.79. The lowest BCUT2D eigenvalue weighted by Crippen LogP contribution is -2.43. The van der Waals surface area contributed by atoms with Gasteiger partial charge in [0.15, 0.2) is 9.84 Å². The standard InChI is InChI=1S/C26H28O6S/c1-21(27)32-25(19-30-17-22-11-5-2-6-12-22)26(20-31-18-23-13-7-3-8-14-23)33(28,29)24-15-9-4-10-16-24/h2-16,25-26H,17-20H2,1H3. The SMILES string of the molecule is CC(=O)OC(COCc1ccccc1)C(COCc1ccccc1)S(=O)(=O)c1ccccc1. The van der Waals surface area contributed by atoms with Crippen LogP contribution in [0.4, 0.5) is 0 Å². The van der Waals surface area contributed by atoms with E-state index in [1.54, 1.807) is 18.2 Å². The first-order valence-corrected chi connectivity index (χ1v) is 12.2. The third-order valence-corrected chi connectivity index (χ3v) is 7.16. The quantitative estimate of drug-likeness (QED) is 0.371. The first-order valence-electron chi connectivity index (χ1n) is 10.7. The molecule has 7 heteroatoms. The number of ether oxygens (including phenoxy) is 3. The second-order valence-electron chi connectivity index (χ2n) is 7.55. The highest BCUT2D eigenvalue weighted by atomic mass is 32.2. The molecule has 0 aliphatic carbocycles. The zero-order valence-electron chi connectivity index (χ0n) is 18.5. The zero-order valence-corrected chi connectivity index (χ0v) is 19.3. The second-order valence-corrected chi connectivity index (χ2v) is 9.71. The van der Waals surface area contributed by atoms with Crippen molar-refractivity contribution in [3.63, 3.8) is 0 Å². The van der Waals surface area contributed by atoms with Crippen LogP contribution in [0.5, 0.6) is 0 Å². The van der Waals surface area contributed by atoms with E-state index in [2.05, 4.69) is 0 Å². The molecule has 0 fully saturated rings. The molecule has 3 aromatic carbocycles. The highest BCUT2D eigenvalue weighted by molar-refractivity contribution is 7.92. The Morgan fingerprint density at radius 2 is 1.18 bits per heavy atom. The van der Waals surface area contributed by atoms with Crippen molar-refractivity contribution < 1.29 is 27.4 Å². The van der Waals surface area contributed by atoms with Crippen LogP contribution in [0.2, 0.25) is 0 Å². The molecule has 0 bridgehead atoms. The molecule has 0 N–H and O–H groups in total. The number of benzene rings is 3. The van der Waals surface area contributed by atoms with Crippen molar-refractivity contribution >= 4 is 15.8 Å². The summed E-state index contributed by atoms with van der Waals surface area (Å²) in [5.41, 5.74) is 1.85. The van der Waals surface area contributed by atoms with E-state index >= 15 is 0 Å². The van der Waals surface area contributed by atoms with Crippen LogP contribution in [0.25, 0.3) is 0 Å². The number of sulfone groups is 1. The van der Waals surface area contributed by atoms with Crippen molar-refractivity contribution in [2.75, 3.05) is 13.2 Å². The van der Waals surface area contributed by atoms with E-state index in [1.165, 1.54) is 19.1 Å². The topological polar surface area (TPSA) is 78.9 Å². The molecule has 0 aliphatic heterocycles. The summed E-state index contributed by atoms with van der Waals surface area (Å²) in [4.78, 5) is 12.0. The van der Waals surface area contributed by atoms with Crippen molar-refractivity contribution in [1.82, 2.24) is 0 Å². The van der Waals surface area contributed by atoms with E-state index in [0.29, 0.717) is 0 Å². The van der Waals surface area contributed by atoms with Crippen LogP contribution >= 0.6 is 0 Å². The first-order chi connectivity index (χ1) is 16.0. The highest BCUT2D eigenvalue weighted by Crippen LogP contribution is 2.22. The molecular weight excluding hydrogens is 440 g/mol. The Labute approximate surface area is 195 Å². The van der Waals surface area contributed by atoms with Gasteiger partial charge < -0.3 is 14.2 Å². The molecule has 6 nitrogen and oxygen atoms in total. The molecule has 0 radical (unpaired) electrons. The summed E-state index contributed by atoms with van der Waals surface area (Å²) < 4.78 is 44.0. The minimum absolute atomic E-state index is 0.0834. The number of carbonyl (C=O) groups excluding carboxylic acids is 1. The maximum atomic E-state index is 13.5. The average Bonchev–Trinajstić information content (AvgIpc) is 2.83. The molecule has 2 atom stereocenters. The van der Waals surface area contributed by atoms with Gasteiger partial charge in [-0.2, -0.15) is 0 Å². The van der Waals surface area contributed by atoms with Gasteiger partial charge in [-0.15, -0.1) is 0 Å². The number of esters is 1. The van der Waals surface area contributed by atoms with Crippen LogP contribution in [-0.4, -0.2) is 39.0 Å². The first kappa shape index (κ1) is 24.6. The summed E-state index contributed by atoms with van der Waals surface area (Å²) in [5.74, 6) is -0.584. The van der Waals surface area contributed by atoms with Gasteiger partial charge in [-0.25, -0.2) is 8.42 Å². The molecule has 0 spiro atoms. The van der Waals surface area contributed by atoms with Gasteiger partial charge in [0.05, 0.1) is 31.3 Å². The predicted octanol–water partition coefficient (Wildman–Crippen LogP) is 4.19. The predicted molar refractivity (Wildman–Crippen MR) is 125 cm³/mol. The molecule has 3 aromatic rings. The summed E-state index contributed by atoms with van der Waals surface area (Å²) in [7, 11) is -3.88. The summed E-state index contributed by atoms with van der Waals surface area (Å²) in [5, 5.41) is -1.14. The van der Waals surface area contributed by atoms with Crippen LogP contribution in [0, 0.1) is 0 Å². The average molecular weight is 469 g/mol. The minimum Gasteiger partial charge on any atom is -0.459 e. The van der Waals surface area contributed by atoms with Gasteiger partial charge in [-0.1, -0.05) is 78.9 Å². The fourth-order valence-corrected chi connectivity index (χ4v) is 5.04. The molecule has 0 saturated heterocycles. The van der Waals surface area contributed by atoms with Gasteiger partial charge in [0, 0.05) is 6.92 Å². The molecular formula is C26H28O6S. The molecule has 174 valence electrons. The van der Waals surface area contributed by atoms with Crippen LogP contribution in [0.1, 0.15) is 18.1 Å². The third-order valence-electron chi connectivity index (χ3n) is 4.99. The van der Waals surface area contributed by atoms with Crippen LogP contribution in [0.3, 0.4) is 0 Å². The number of hydrogen-bond donors (Lipinski definition) is 0. The van der Waals surface area contributed by atoms with E-state index in [9.17, 15) is 13.2 Å². The van der Waals surface area contributed by atoms with E-state index in [4.69, 9.17) is 14.2 Å². The van der Waals surface area contributed by atoms with E-state index in [0.717, 1.165) is 11.1 Å². The zero-order chi connectivity index (χ0) is 23.5. The fourth-order valence-electron chi connectivity index (χ4n) is 3.35. The van der Waals surface area contributed by atoms with E-state index in [-0.39, 0.29) is 31.3 Å². The number of rotatable bonds is 12. The monoisotopic (exact) mass is 468 g/mol. The largest absolute Gasteiger partial charge is 0.459 e. The van der Waals surface area contributed by atoms with Crippen molar-refractivity contribution in [2.45, 2.75) is 36.4 Å². The Hall–Kier alpha value is -3.00. The normalized spacial score (nSPS) is 13.2. The summed E-state index contributed by atoms with van der Waals surface area (Å²) >= 11 is 0. The molecule has 0 aliphatic rings. The summed E-state index contributed by atoms with van der Waals surface area (Å²) in [6.07, 6.45) is -1.04. The van der Waals surface area contributed by atoms with Crippen LogP contribution < -0.4 is 0 Å². The minimum atomic E-state index is -3.88. The Bertz CT molecular complexity index is 1090. The maximum Gasteiger partial charge on any atom is 0.303 e. The molecule has 0 aromatic heterocycles.